The minimum atomic E-state index is -0.919. The Morgan fingerprint density at radius 3 is 2.66 bits per heavy atom. The smallest absolute Gasteiger partial charge is 0.262 e. The lowest BCUT2D eigenvalue weighted by Gasteiger charge is -2.36. The quantitative estimate of drug-likeness (QED) is 0.698. The van der Waals surface area contributed by atoms with Gasteiger partial charge in [-0.25, -0.2) is 13.8 Å². The number of nitrogens with zero attached hydrogens (tertiary/aromatic N) is 4. The second-order valence-corrected chi connectivity index (χ2v) is 9.09. The highest BCUT2D eigenvalue weighted by Gasteiger charge is 2.32. The number of benzene rings is 1. The van der Waals surface area contributed by atoms with E-state index in [9.17, 15) is 13.6 Å². The summed E-state index contributed by atoms with van der Waals surface area (Å²) in [5.74, 6) is -2.14. The van der Waals surface area contributed by atoms with Crippen molar-refractivity contribution in [3.8, 4) is 0 Å². The molecule has 0 radical (unpaired) electrons. The topological polar surface area (TPSA) is 70.0 Å². The maximum Gasteiger partial charge on any atom is 0.262 e. The van der Waals surface area contributed by atoms with Crippen LogP contribution in [0.5, 0.6) is 0 Å². The van der Waals surface area contributed by atoms with Crippen molar-refractivity contribution in [1.29, 1.82) is 0 Å². The summed E-state index contributed by atoms with van der Waals surface area (Å²) in [5.41, 5.74) is 1.97. The Morgan fingerprint density at radius 2 is 2.03 bits per heavy atom. The van der Waals surface area contributed by atoms with Gasteiger partial charge < -0.3 is 10.2 Å². The number of carbonyl (C=O) groups excluding carboxylic acids is 1. The van der Waals surface area contributed by atoms with E-state index in [1.165, 1.54) is 23.4 Å². The molecule has 2 atom stereocenters. The summed E-state index contributed by atoms with van der Waals surface area (Å²) in [6, 6.07) is 2.91. The molecule has 6 nitrogen and oxygen atoms in total. The third-order valence-electron chi connectivity index (χ3n) is 5.76. The van der Waals surface area contributed by atoms with Crippen molar-refractivity contribution >= 4 is 34.4 Å². The van der Waals surface area contributed by atoms with E-state index in [1.807, 2.05) is 12.3 Å². The van der Waals surface area contributed by atoms with E-state index in [1.54, 1.807) is 17.5 Å². The van der Waals surface area contributed by atoms with E-state index in [4.69, 9.17) is 4.99 Å². The normalized spacial score (nSPS) is 21.2. The Balaban J connectivity index is 1.54. The first-order valence-electron chi connectivity index (χ1n) is 10.6. The number of thiazole rings is 1. The molecule has 2 aliphatic rings. The van der Waals surface area contributed by atoms with Crippen molar-refractivity contribution in [2.45, 2.75) is 39.3 Å². The molecule has 0 saturated heterocycles. The van der Waals surface area contributed by atoms with Crippen molar-refractivity contribution in [2.24, 2.45) is 15.9 Å². The molecule has 0 aliphatic carbocycles. The van der Waals surface area contributed by atoms with Crippen LogP contribution in [0.2, 0.25) is 0 Å². The molecular weight excluding hydrogens is 432 g/mol. The molecule has 0 fully saturated rings. The van der Waals surface area contributed by atoms with Gasteiger partial charge in [-0.05, 0) is 37.0 Å². The molecule has 1 aromatic carbocycles. The van der Waals surface area contributed by atoms with Gasteiger partial charge in [0.2, 0.25) is 0 Å². The van der Waals surface area contributed by atoms with Crippen LogP contribution in [0.3, 0.4) is 0 Å². The van der Waals surface area contributed by atoms with Gasteiger partial charge in [0.15, 0.2) is 5.13 Å². The molecule has 3 heterocycles. The summed E-state index contributed by atoms with van der Waals surface area (Å²) >= 11 is 1.61. The summed E-state index contributed by atoms with van der Waals surface area (Å²) in [7, 11) is 0. The predicted molar refractivity (Wildman–Crippen MR) is 124 cm³/mol. The highest BCUT2D eigenvalue weighted by atomic mass is 32.1. The zero-order valence-corrected chi connectivity index (χ0v) is 19.0. The van der Waals surface area contributed by atoms with Gasteiger partial charge in [0.1, 0.15) is 23.0 Å². The Labute approximate surface area is 189 Å². The van der Waals surface area contributed by atoms with E-state index >= 15 is 0 Å². The first kappa shape index (κ1) is 22.3. The van der Waals surface area contributed by atoms with Crippen LogP contribution in [-0.4, -0.2) is 48.1 Å². The van der Waals surface area contributed by atoms with Crippen LogP contribution in [0.4, 0.5) is 13.9 Å². The number of hydrogen-bond donors (Lipinski definition) is 1. The number of amidine groups is 1. The number of anilines is 1. The lowest BCUT2D eigenvalue weighted by molar-refractivity contribution is 0.0969. The number of aromatic nitrogens is 1. The van der Waals surface area contributed by atoms with Gasteiger partial charge in [-0.3, -0.25) is 14.8 Å². The minimum absolute atomic E-state index is 0.166. The zero-order valence-electron chi connectivity index (χ0n) is 18.2. The van der Waals surface area contributed by atoms with Gasteiger partial charge in [-0.15, -0.1) is 11.3 Å². The van der Waals surface area contributed by atoms with Crippen LogP contribution in [0.25, 0.3) is 0 Å². The molecule has 4 rings (SSSR count). The van der Waals surface area contributed by atoms with E-state index < -0.39 is 23.1 Å². The zero-order chi connectivity index (χ0) is 22.8. The summed E-state index contributed by atoms with van der Waals surface area (Å²) in [6.45, 7) is 7.94. The first-order chi connectivity index (χ1) is 15.3. The van der Waals surface area contributed by atoms with Gasteiger partial charge in [-0.2, -0.15) is 0 Å². The monoisotopic (exact) mass is 457 g/mol. The average molecular weight is 458 g/mol. The van der Waals surface area contributed by atoms with Gasteiger partial charge in [-0.1, -0.05) is 25.5 Å². The lowest BCUT2D eigenvalue weighted by Crippen LogP contribution is -2.42. The predicted octanol–water partition coefficient (Wildman–Crippen LogP) is 4.25. The molecule has 9 heteroatoms. The number of aliphatic imine (C=N–C) groups is 2. The molecule has 32 heavy (non-hydrogen) atoms. The highest BCUT2D eigenvalue weighted by molar-refractivity contribution is 7.13. The van der Waals surface area contributed by atoms with E-state index in [2.05, 4.69) is 34.0 Å². The van der Waals surface area contributed by atoms with Crippen LogP contribution < -0.4 is 10.2 Å². The first-order valence-corrected chi connectivity index (χ1v) is 11.5. The Hall–Kier alpha value is -2.94. The Bertz CT molecular complexity index is 1070. The number of nitrogens with one attached hydrogen (secondary N) is 1. The second-order valence-electron chi connectivity index (χ2n) is 8.22. The largest absolute Gasteiger partial charge is 0.344 e. The Kier molecular flexibility index (Phi) is 6.45. The van der Waals surface area contributed by atoms with Gasteiger partial charge in [0, 0.05) is 24.7 Å². The van der Waals surface area contributed by atoms with Crippen LogP contribution >= 0.6 is 11.3 Å². The van der Waals surface area contributed by atoms with E-state index in [-0.39, 0.29) is 17.9 Å². The van der Waals surface area contributed by atoms with Crippen molar-refractivity contribution in [3.63, 3.8) is 0 Å². The van der Waals surface area contributed by atoms with Crippen LogP contribution in [-0.2, 0) is 0 Å². The number of rotatable bonds is 4. The van der Waals surface area contributed by atoms with Crippen molar-refractivity contribution in [3.05, 3.63) is 58.1 Å². The maximum atomic E-state index is 13.9. The summed E-state index contributed by atoms with van der Waals surface area (Å²) in [5, 5.41) is 5.44. The molecule has 0 spiro atoms. The fourth-order valence-corrected chi connectivity index (χ4v) is 4.89. The fourth-order valence-electron chi connectivity index (χ4n) is 4.22. The number of carbonyl (C=O) groups is 1. The van der Waals surface area contributed by atoms with Crippen molar-refractivity contribution in [1.82, 2.24) is 10.3 Å². The van der Waals surface area contributed by atoms with E-state index in [0.29, 0.717) is 5.92 Å². The summed E-state index contributed by atoms with van der Waals surface area (Å²) < 4.78 is 27.8. The van der Waals surface area contributed by atoms with Gasteiger partial charge in [0.25, 0.3) is 5.91 Å². The summed E-state index contributed by atoms with van der Waals surface area (Å²) in [6.07, 6.45) is 4.22. The molecule has 0 bridgehead atoms. The molecule has 1 N–H and O–H groups in total. The molecule has 2 aromatic rings. The van der Waals surface area contributed by atoms with Crippen LogP contribution in [0.15, 0.2) is 50.9 Å². The molecule has 1 aromatic heterocycles. The standard InChI is InChI=1S/C23H25F2N5OS/c1-13(2)15-7-9-30(23-26-8-10-32-23)12-16(15)21-14(3)28-19(11-27-21)29-22(31)20-17(24)5-4-6-18(20)25/h4-6,8,10-11,13-14,21H,7,9,12H2,1-3H3,(H,28,29,31). The van der Waals surface area contributed by atoms with Crippen molar-refractivity contribution < 1.29 is 13.6 Å². The summed E-state index contributed by atoms with van der Waals surface area (Å²) in [4.78, 5) is 28.4. The third-order valence-corrected chi connectivity index (χ3v) is 6.59. The SMILES string of the molecule is CC(C)C1=C(C2N=CC(NC(=O)c3c(F)cccc3F)=NC2C)CN(c2nccs2)CC1. The highest BCUT2D eigenvalue weighted by Crippen LogP contribution is 2.33. The number of hydrogen-bond acceptors (Lipinski definition) is 6. The Morgan fingerprint density at radius 1 is 1.28 bits per heavy atom. The molecule has 168 valence electrons. The molecule has 2 aliphatic heterocycles. The maximum absolute atomic E-state index is 13.9. The minimum Gasteiger partial charge on any atom is -0.344 e. The van der Waals surface area contributed by atoms with Crippen LogP contribution in [0.1, 0.15) is 37.6 Å². The molecule has 1 amide bonds. The lowest BCUT2D eigenvalue weighted by atomic mass is 9.85. The average Bonchev–Trinajstić information content (AvgIpc) is 3.28. The fraction of sp³-hybridized carbons (Fsp3) is 0.391. The van der Waals surface area contributed by atoms with Gasteiger partial charge in [0.05, 0.1) is 18.3 Å². The second kappa shape index (κ2) is 9.28. The molecular formula is C23H25F2N5OS. The van der Waals surface area contributed by atoms with Crippen molar-refractivity contribution in [2.75, 3.05) is 18.0 Å². The van der Waals surface area contributed by atoms with Crippen LogP contribution in [0, 0.1) is 17.6 Å². The number of halogens is 2. The number of amides is 1. The third kappa shape index (κ3) is 4.48. The molecule has 0 saturated carbocycles. The molecule has 2 unspecified atom stereocenters. The van der Waals surface area contributed by atoms with E-state index in [0.717, 1.165) is 36.8 Å². The van der Waals surface area contributed by atoms with Gasteiger partial charge >= 0.3 is 0 Å².